The zero-order valence-electron chi connectivity index (χ0n) is 9.52. The lowest BCUT2D eigenvalue weighted by molar-refractivity contribution is -0.133. The minimum absolute atomic E-state index is 0.0758. The Labute approximate surface area is 110 Å². The topological polar surface area (TPSA) is 109 Å². The lowest BCUT2D eigenvalue weighted by Gasteiger charge is -1.92. The number of nitrogens with zero attached hydrogens (tertiary/aromatic N) is 5. The Morgan fingerprint density at radius 3 is 3.21 bits per heavy atom. The van der Waals surface area contributed by atoms with E-state index in [4.69, 9.17) is 5.11 Å². The van der Waals surface area contributed by atoms with Gasteiger partial charge in [-0.2, -0.15) is 5.10 Å². The van der Waals surface area contributed by atoms with Crippen molar-refractivity contribution in [1.82, 2.24) is 29.8 Å². The molecule has 0 amide bonds. The molecule has 0 spiro atoms. The fourth-order valence-electron chi connectivity index (χ4n) is 1.57. The molecule has 8 nitrogen and oxygen atoms in total. The number of hydrogen-bond acceptors (Lipinski definition) is 6. The van der Waals surface area contributed by atoms with Gasteiger partial charge in [-0.25, -0.2) is 9.50 Å². The molecule has 0 aliphatic rings. The zero-order valence-corrected chi connectivity index (χ0v) is 10.3. The van der Waals surface area contributed by atoms with Crippen molar-refractivity contribution in [3.05, 3.63) is 24.8 Å². The van der Waals surface area contributed by atoms with Crippen molar-refractivity contribution in [2.75, 3.05) is 5.75 Å². The van der Waals surface area contributed by atoms with Crippen molar-refractivity contribution in [2.24, 2.45) is 0 Å². The van der Waals surface area contributed by atoms with E-state index >= 15 is 0 Å². The van der Waals surface area contributed by atoms with Gasteiger partial charge in [0.05, 0.1) is 29.2 Å². The van der Waals surface area contributed by atoms with Crippen LogP contribution in [0.5, 0.6) is 0 Å². The molecular formula is C10H8N6O2S. The minimum atomic E-state index is -0.906. The van der Waals surface area contributed by atoms with E-state index in [1.54, 1.807) is 29.3 Å². The van der Waals surface area contributed by atoms with E-state index in [1.807, 2.05) is 0 Å². The van der Waals surface area contributed by atoms with Gasteiger partial charge in [0.2, 0.25) is 5.16 Å². The molecule has 0 aliphatic heterocycles. The van der Waals surface area contributed by atoms with Crippen LogP contribution in [-0.2, 0) is 4.79 Å². The second-order valence-electron chi connectivity index (χ2n) is 3.61. The highest BCUT2D eigenvalue weighted by Crippen LogP contribution is 2.22. The molecule has 19 heavy (non-hydrogen) atoms. The van der Waals surface area contributed by atoms with E-state index in [0.717, 1.165) is 22.8 Å². The lowest BCUT2D eigenvalue weighted by atomic mass is 10.3. The van der Waals surface area contributed by atoms with Gasteiger partial charge in [-0.3, -0.25) is 14.9 Å². The number of nitrogens with one attached hydrogen (secondary N) is 1. The molecule has 0 saturated heterocycles. The second kappa shape index (κ2) is 4.69. The van der Waals surface area contributed by atoms with Crippen LogP contribution >= 0.6 is 11.8 Å². The standard InChI is InChI=1S/C10H8N6O2S/c17-8(18)5-19-10-13-9(14-15-10)6-3-12-16-2-1-11-4-7(6)16/h1-4H,5H2,(H,17,18)(H,13,14,15). The number of thioether (sulfide) groups is 1. The lowest BCUT2D eigenvalue weighted by Crippen LogP contribution is -1.97. The second-order valence-corrected chi connectivity index (χ2v) is 4.56. The van der Waals surface area contributed by atoms with Gasteiger partial charge in [0, 0.05) is 12.4 Å². The van der Waals surface area contributed by atoms with E-state index in [1.165, 1.54) is 0 Å². The van der Waals surface area contributed by atoms with E-state index in [-0.39, 0.29) is 5.75 Å². The highest BCUT2D eigenvalue weighted by molar-refractivity contribution is 7.99. The van der Waals surface area contributed by atoms with Crippen LogP contribution in [0.15, 0.2) is 29.9 Å². The van der Waals surface area contributed by atoms with E-state index in [0.29, 0.717) is 11.0 Å². The van der Waals surface area contributed by atoms with Gasteiger partial charge < -0.3 is 5.11 Å². The van der Waals surface area contributed by atoms with Crippen molar-refractivity contribution in [3.63, 3.8) is 0 Å². The number of fused-ring (bicyclic) bond motifs is 1. The summed E-state index contributed by atoms with van der Waals surface area (Å²) in [6, 6.07) is 0. The van der Waals surface area contributed by atoms with Gasteiger partial charge in [0.15, 0.2) is 5.82 Å². The summed E-state index contributed by atoms with van der Waals surface area (Å²) in [6.07, 6.45) is 6.70. The summed E-state index contributed by atoms with van der Waals surface area (Å²) in [5.74, 6) is -0.444. The predicted molar refractivity (Wildman–Crippen MR) is 66.7 cm³/mol. The number of hydrogen-bond donors (Lipinski definition) is 2. The summed E-state index contributed by atoms with van der Waals surface area (Å²) in [5.41, 5.74) is 1.57. The summed E-state index contributed by atoms with van der Waals surface area (Å²) in [7, 11) is 0. The summed E-state index contributed by atoms with van der Waals surface area (Å²) in [5, 5.41) is 19.9. The molecule has 2 N–H and O–H groups in total. The van der Waals surface area contributed by atoms with Gasteiger partial charge >= 0.3 is 5.97 Å². The average molecular weight is 276 g/mol. The van der Waals surface area contributed by atoms with Crippen LogP contribution in [0, 0.1) is 0 Å². The SMILES string of the molecule is O=C(O)CSc1n[nH]c(-c2cnn3ccncc23)n1. The average Bonchev–Trinajstić information content (AvgIpc) is 3.02. The normalized spacial score (nSPS) is 10.9. The van der Waals surface area contributed by atoms with E-state index in [9.17, 15) is 4.79 Å². The van der Waals surface area contributed by atoms with Gasteiger partial charge in [-0.15, -0.1) is 5.10 Å². The first-order chi connectivity index (χ1) is 9.24. The summed E-state index contributed by atoms with van der Waals surface area (Å²) in [4.78, 5) is 18.7. The molecule has 0 aliphatic carbocycles. The van der Waals surface area contributed by atoms with Crippen molar-refractivity contribution >= 4 is 23.2 Å². The van der Waals surface area contributed by atoms with Crippen LogP contribution in [0.3, 0.4) is 0 Å². The largest absolute Gasteiger partial charge is 0.481 e. The molecule has 0 radical (unpaired) electrons. The Morgan fingerprint density at radius 2 is 2.37 bits per heavy atom. The molecule has 3 aromatic rings. The first-order valence-electron chi connectivity index (χ1n) is 5.29. The van der Waals surface area contributed by atoms with Gasteiger partial charge in [-0.05, 0) is 0 Å². The maximum Gasteiger partial charge on any atom is 0.313 e. The Kier molecular flexibility index (Phi) is 2.88. The maximum atomic E-state index is 10.5. The smallest absolute Gasteiger partial charge is 0.313 e. The number of carboxylic acids is 1. The predicted octanol–water partition coefficient (Wildman–Crippen LogP) is 0.691. The molecular weight excluding hydrogens is 268 g/mol. The monoisotopic (exact) mass is 276 g/mol. The molecule has 0 unspecified atom stereocenters. The molecule has 9 heteroatoms. The molecule has 3 aromatic heterocycles. The fraction of sp³-hybridized carbons (Fsp3) is 0.100. The third kappa shape index (κ3) is 2.27. The number of aromatic amines is 1. The van der Waals surface area contributed by atoms with E-state index in [2.05, 4.69) is 25.3 Å². The number of aliphatic carboxylic acids is 1. The molecule has 3 rings (SSSR count). The van der Waals surface area contributed by atoms with Gasteiger partial charge in [0.1, 0.15) is 0 Å². The van der Waals surface area contributed by atoms with Crippen LogP contribution in [-0.4, -0.2) is 46.6 Å². The van der Waals surface area contributed by atoms with Crippen molar-refractivity contribution in [2.45, 2.75) is 5.16 Å². The molecule has 0 saturated carbocycles. The fourth-order valence-corrected chi connectivity index (χ4v) is 2.09. The number of carbonyl (C=O) groups is 1. The van der Waals surface area contributed by atoms with Crippen LogP contribution < -0.4 is 0 Å². The number of H-pyrrole nitrogens is 1. The summed E-state index contributed by atoms with van der Waals surface area (Å²) >= 11 is 1.06. The van der Waals surface area contributed by atoms with Crippen molar-refractivity contribution < 1.29 is 9.90 Å². The van der Waals surface area contributed by atoms with Crippen molar-refractivity contribution in [1.29, 1.82) is 0 Å². The van der Waals surface area contributed by atoms with Crippen LogP contribution in [0.2, 0.25) is 0 Å². The number of rotatable bonds is 4. The zero-order chi connectivity index (χ0) is 13.2. The number of aromatic nitrogens is 6. The van der Waals surface area contributed by atoms with Crippen molar-refractivity contribution in [3.8, 4) is 11.4 Å². The first kappa shape index (κ1) is 11.7. The van der Waals surface area contributed by atoms with E-state index < -0.39 is 5.97 Å². The third-order valence-electron chi connectivity index (χ3n) is 2.37. The highest BCUT2D eigenvalue weighted by Gasteiger charge is 2.12. The quantitative estimate of drug-likeness (QED) is 0.675. The Bertz CT molecular complexity index is 736. The Hall–Kier alpha value is -2.42. The minimum Gasteiger partial charge on any atom is -0.481 e. The Morgan fingerprint density at radius 1 is 1.47 bits per heavy atom. The first-order valence-corrected chi connectivity index (χ1v) is 6.27. The summed E-state index contributed by atoms with van der Waals surface area (Å²) in [6.45, 7) is 0. The Balaban J connectivity index is 1.92. The number of carboxylic acid groups (broad SMARTS) is 1. The molecule has 0 bridgehead atoms. The van der Waals surface area contributed by atoms with Gasteiger partial charge in [0.25, 0.3) is 0 Å². The third-order valence-corrected chi connectivity index (χ3v) is 3.20. The van der Waals surface area contributed by atoms with Crippen LogP contribution in [0.1, 0.15) is 0 Å². The van der Waals surface area contributed by atoms with Crippen LogP contribution in [0.4, 0.5) is 0 Å². The summed E-state index contributed by atoms with van der Waals surface area (Å²) < 4.78 is 1.68. The molecule has 3 heterocycles. The molecule has 0 aromatic carbocycles. The molecule has 0 fully saturated rings. The molecule has 0 atom stereocenters. The maximum absolute atomic E-state index is 10.5. The van der Waals surface area contributed by atoms with Gasteiger partial charge in [-0.1, -0.05) is 11.8 Å². The highest BCUT2D eigenvalue weighted by atomic mass is 32.2. The van der Waals surface area contributed by atoms with Crippen LogP contribution in [0.25, 0.3) is 16.9 Å². The molecule has 96 valence electrons.